The fourth-order valence-electron chi connectivity index (χ4n) is 4.20. The lowest BCUT2D eigenvalue weighted by Gasteiger charge is -2.43. The van der Waals surface area contributed by atoms with Crippen LogP contribution in [0.25, 0.3) is 0 Å². The first-order valence-electron chi connectivity index (χ1n) is 10.4. The highest BCUT2D eigenvalue weighted by Crippen LogP contribution is 2.52. The van der Waals surface area contributed by atoms with Gasteiger partial charge in [0.15, 0.2) is 0 Å². The number of hydrogen-bond donors (Lipinski definition) is 1. The quantitative estimate of drug-likeness (QED) is 0.782. The van der Waals surface area contributed by atoms with Crippen molar-refractivity contribution in [1.29, 1.82) is 0 Å². The van der Waals surface area contributed by atoms with Gasteiger partial charge in [-0.2, -0.15) is 0 Å². The number of pyridine rings is 1. The first-order chi connectivity index (χ1) is 13.3. The Hall–Kier alpha value is -1.47. The van der Waals surface area contributed by atoms with Gasteiger partial charge in [-0.05, 0) is 84.3 Å². The van der Waals surface area contributed by atoms with Crippen LogP contribution >= 0.6 is 0 Å². The molecule has 0 aromatic carbocycles. The highest BCUT2D eigenvalue weighted by molar-refractivity contribution is 7.84. The van der Waals surface area contributed by atoms with Crippen molar-refractivity contribution in [3.63, 3.8) is 0 Å². The summed E-state index contributed by atoms with van der Waals surface area (Å²) in [5.74, 6) is 0. The fourth-order valence-corrected chi connectivity index (χ4v) is 5.13. The van der Waals surface area contributed by atoms with E-state index in [0.717, 1.165) is 30.5 Å². The van der Waals surface area contributed by atoms with Gasteiger partial charge in [0.1, 0.15) is 5.60 Å². The fraction of sp³-hybridized carbons (Fsp3) is 0.727. The van der Waals surface area contributed by atoms with Crippen LogP contribution in [0.3, 0.4) is 0 Å². The Balaban J connectivity index is 1.82. The molecule has 1 N–H and O–H groups in total. The monoisotopic (exact) mass is 421 g/mol. The molecule has 1 amide bonds. The van der Waals surface area contributed by atoms with Gasteiger partial charge < -0.3 is 9.64 Å². The molecule has 0 saturated carbocycles. The molecule has 2 aliphatic rings. The van der Waals surface area contributed by atoms with Gasteiger partial charge in [0.2, 0.25) is 0 Å². The maximum atomic E-state index is 12.9. The minimum absolute atomic E-state index is 0.0704. The van der Waals surface area contributed by atoms with Gasteiger partial charge in [0.25, 0.3) is 0 Å². The Bertz CT molecular complexity index is 803. The normalized spacial score (nSPS) is 22.4. The van der Waals surface area contributed by atoms with E-state index in [1.54, 1.807) is 4.90 Å². The molecule has 1 aliphatic carbocycles. The number of aromatic nitrogens is 1. The first kappa shape index (κ1) is 22.2. The summed E-state index contributed by atoms with van der Waals surface area (Å²) in [6.07, 6.45) is 4.21. The van der Waals surface area contributed by atoms with Crippen molar-refractivity contribution >= 4 is 17.1 Å². The number of amides is 1. The van der Waals surface area contributed by atoms with E-state index in [2.05, 4.69) is 17.7 Å². The third-order valence-corrected chi connectivity index (χ3v) is 7.32. The zero-order valence-electron chi connectivity index (χ0n) is 18.8. The molecule has 1 aromatic rings. The second-order valence-electron chi connectivity index (χ2n) is 10.5. The standard InChI is InChI=1S/C22H35N3O3S/c1-15-12-16-13-22(8-10-25(11-9-22)19(26)28-20(2,3)4)18(17(16)23-14-15)24-29(27)21(5,6)7/h12,14,18,24H,8-11,13H2,1-7H3/t18?,29-/m1/s1. The lowest BCUT2D eigenvalue weighted by molar-refractivity contribution is 0.00713. The number of rotatable bonds is 2. The van der Waals surface area contributed by atoms with Crippen LogP contribution in [0.5, 0.6) is 0 Å². The Labute approximate surface area is 177 Å². The van der Waals surface area contributed by atoms with Crippen molar-refractivity contribution in [1.82, 2.24) is 14.6 Å². The maximum Gasteiger partial charge on any atom is 0.410 e. The number of fused-ring (bicyclic) bond motifs is 1. The molecule has 1 unspecified atom stereocenters. The van der Waals surface area contributed by atoms with Crippen molar-refractivity contribution in [2.24, 2.45) is 5.41 Å². The second kappa shape index (κ2) is 7.65. The summed E-state index contributed by atoms with van der Waals surface area (Å²) in [5, 5.41) is 0. The highest BCUT2D eigenvalue weighted by Gasteiger charge is 2.50. The largest absolute Gasteiger partial charge is 0.444 e. The molecular formula is C22H35N3O3S. The molecule has 1 saturated heterocycles. The van der Waals surface area contributed by atoms with E-state index >= 15 is 0 Å². The molecule has 7 heteroatoms. The molecule has 2 heterocycles. The molecule has 0 radical (unpaired) electrons. The van der Waals surface area contributed by atoms with Crippen LogP contribution in [0.2, 0.25) is 0 Å². The summed E-state index contributed by atoms with van der Waals surface area (Å²) in [6, 6.07) is 2.13. The molecular weight excluding hydrogens is 386 g/mol. The van der Waals surface area contributed by atoms with E-state index in [1.165, 1.54) is 5.56 Å². The average molecular weight is 422 g/mol. The number of nitrogens with one attached hydrogen (secondary N) is 1. The number of hydrogen-bond acceptors (Lipinski definition) is 4. The van der Waals surface area contributed by atoms with Gasteiger partial charge in [-0.1, -0.05) is 6.07 Å². The Morgan fingerprint density at radius 3 is 2.41 bits per heavy atom. The van der Waals surface area contributed by atoms with E-state index in [9.17, 15) is 9.00 Å². The topological polar surface area (TPSA) is 71.5 Å². The van der Waals surface area contributed by atoms with Crippen molar-refractivity contribution in [3.05, 3.63) is 29.1 Å². The molecule has 6 nitrogen and oxygen atoms in total. The van der Waals surface area contributed by atoms with E-state index in [-0.39, 0.29) is 22.3 Å². The van der Waals surface area contributed by atoms with Gasteiger partial charge in [0.05, 0.1) is 27.5 Å². The molecule has 2 atom stereocenters. The van der Waals surface area contributed by atoms with Crippen molar-refractivity contribution in [3.8, 4) is 0 Å². The van der Waals surface area contributed by atoms with Crippen molar-refractivity contribution in [2.45, 2.75) is 84.1 Å². The number of likely N-dealkylation sites (tertiary alicyclic amines) is 1. The Morgan fingerprint density at radius 2 is 1.86 bits per heavy atom. The molecule has 162 valence electrons. The van der Waals surface area contributed by atoms with E-state index < -0.39 is 16.6 Å². The van der Waals surface area contributed by atoms with Crippen LogP contribution in [0.1, 0.15) is 77.2 Å². The maximum absolute atomic E-state index is 12.9. The number of nitrogens with zero attached hydrogens (tertiary/aromatic N) is 2. The first-order valence-corrected chi connectivity index (χ1v) is 11.6. The lowest BCUT2D eigenvalue weighted by Crippen LogP contribution is -2.50. The SMILES string of the molecule is Cc1cnc2c(c1)CC1(CCN(C(=O)OC(C)(C)C)CC1)C2N[S@](=O)C(C)(C)C. The Morgan fingerprint density at radius 1 is 1.24 bits per heavy atom. The Kier molecular flexibility index (Phi) is 5.86. The highest BCUT2D eigenvalue weighted by atomic mass is 32.2. The number of carbonyl (C=O) groups is 1. The van der Waals surface area contributed by atoms with Crippen LogP contribution in [-0.2, 0) is 22.1 Å². The molecule has 1 spiro atoms. The van der Waals surface area contributed by atoms with Crippen LogP contribution in [0.15, 0.2) is 12.3 Å². The molecule has 3 rings (SSSR count). The van der Waals surface area contributed by atoms with Crippen molar-refractivity contribution in [2.75, 3.05) is 13.1 Å². The number of aryl methyl sites for hydroxylation is 1. The van der Waals surface area contributed by atoms with Gasteiger partial charge >= 0.3 is 6.09 Å². The number of ether oxygens (including phenoxy) is 1. The minimum Gasteiger partial charge on any atom is -0.444 e. The minimum atomic E-state index is -1.19. The third kappa shape index (κ3) is 4.82. The van der Waals surface area contributed by atoms with E-state index in [1.807, 2.05) is 47.7 Å². The number of piperidine rings is 1. The van der Waals surface area contributed by atoms with E-state index in [0.29, 0.717) is 13.1 Å². The van der Waals surface area contributed by atoms with Gasteiger partial charge in [-0.25, -0.2) is 13.7 Å². The third-order valence-electron chi connectivity index (χ3n) is 5.76. The van der Waals surface area contributed by atoms with Crippen LogP contribution in [0, 0.1) is 12.3 Å². The smallest absolute Gasteiger partial charge is 0.410 e. The average Bonchev–Trinajstić information content (AvgIpc) is 2.85. The molecule has 1 aliphatic heterocycles. The summed E-state index contributed by atoms with van der Waals surface area (Å²) in [7, 11) is -1.19. The predicted octanol–water partition coefficient (Wildman–Crippen LogP) is 4.06. The summed E-state index contributed by atoms with van der Waals surface area (Å²) < 4.78 is 21.5. The summed E-state index contributed by atoms with van der Waals surface area (Å²) >= 11 is 0. The molecule has 0 bridgehead atoms. The lowest BCUT2D eigenvalue weighted by atomic mass is 9.73. The van der Waals surface area contributed by atoms with Gasteiger partial charge in [0, 0.05) is 19.3 Å². The molecule has 29 heavy (non-hydrogen) atoms. The zero-order valence-corrected chi connectivity index (χ0v) is 19.6. The number of carbonyl (C=O) groups excluding carboxylic acids is 1. The summed E-state index contributed by atoms with van der Waals surface area (Å²) in [6.45, 7) is 14.9. The molecule has 1 aromatic heterocycles. The summed E-state index contributed by atoms with van der Waals surface area (Å²) in [5.41, 5.74) is 2.81. The summed E-state index contributed by atoms with van der Waals surface area (Å²) in [4.78, 5) is 19.0. The van der Waals surface area contributed by atoms with Crippen molar-refractivity contribution < 1.29 is 13.7 Å². The van der Waals surface area contributed by atoms with Crippen LogP contribution in [0.4, 0.5) is 4.79 Å². The second-order valence-corrected chi connectivity index (χ2v) is 12.5. The van der Waals surface area contributed by atoms with E-state index in [4.69, 9.17) is 9.72 Å². The van der Waals surface area contributed by atoms with Crippen LogP contribution in [-0.4, -0.2) is 43.6 Å². The van der Waals surface area contributed by atoms with Gasteiger partial charge in [-0.15, -0.1) is 0 Å². The van der Waals surface area contributed by atoms with Crippen LogP contribution < -0.4 is 4.72 Å². The molecule has 1 fully saturated rings. The van der Waals surface area contributed by atoms with Gasteiger partial charge in [-0.3, -0.25) is 4.98 Å². The predicted molar refractivity (Wildman–Crippen MR) is 116 cm³/mol. The zero-order chi connectivity index (χ0) is 21.6.